The molecule has 0 N–H and O–H groups in total. The molecule has 10 heavy (non-hydrogen) atoms. The second-order valence-electron chi connectivity index (χ2n) is 4.50. The first kappa shape index (κ1) is 8.06. The SMILES string of the molecule is CC1=C(C)[Si](C)(C)C1(C)C. The first-order chi connectivity index (χ1) is 4.32. The van der Waals surface area contributed by atoms with Gasteiger partial charge in [-0.25, -0.2) is 0 Å². The minimum Gasteiger partial charge on any atom is -0.0838 e. The molecular formula is C9H18Si. The predicted octanol–water partition coefficient (Wildman–Crippen LogP) is 3.36. The van der Waals surface area contributed by atoms with Crippen LogP contribution in [-0.2, 0) is 0 Å². The highest BCUT2D eigenvalue weighted by molar-refractivity contribution is 6.90. The van der Waals surface area contributed by atoms with E-state index in [1.54, 1.807) is 10.8 Å². The summed E-state index contributed by atoms with van der Waals surface area (Å²) >= 11 is 0. The van der Waals surface area contributed by atoms with Crippen molar-refractivity contribution in [3.05, 3.63) is 10.8 Å². The number of hydrogen-bond acceptors (Lipinski definition) is 0. The average Bonchev–Trinajstić information content (AvgIpc) is 1.84. The molecule has 0 atom stereocenters. The van der Waals surface area contributed by atoms with E-state index in [0.29, 0.717) is 5.04 Å². The minimum atomic E-state index is -0.965. The highest BCUT2D eigenvalue weighted by Crippen LogP contribution is 2.57. The van der Waals surface area contributed by atoms with Crippen LogP contribution in [0.3, 0.4) is 0 Å². The van der Waals surface area contributed by atoms with E-state index in [0.717, 1.165) is 0 Å². The Kier molecular flexibility index (Phi) is 1.42. The average molecular weight is 154 g/mol. The summed E-state index contributed by atoms with van der Waals surface area (Å²) < 4.78 is 0. The third kappa shape index (κ3) is 0.618. The first-order valence-corrected chi connectivity index (χ1v) is 7.00. The Morgan fingerprint density at radius 1 is 1.10 bits per heavy atom. The van der Waals surface area contributed by atoms with E-state index in [9.17, 15) is 0 Å². The lowest BCUT2D eigenvalue weighted by Crippen LogP contribution is -2.50. The molecule has 0 fully saturated rings. The first-order valence-electron chi connectivity index (χ1n) is 4.00. The molecule has 0 aromatic heterocycles. The molecule has 58 valence electrons. The van der Waals surface area contributed by atoms with Crippen LogP contribution in [0.15, 0.2) is 10.8 Å². The summed E-state index contributed by atoms with van der Waals surface area (Å²) in [6.07, 6.45) is 0. The summed E-state index contributed by atoms with van der Waals surface area (Å²) in [7, 11) is -0.965. The fraction of sp³-hybridized carbons (Fsp3) is 0.778. The lowest BCUT2D eigenvalue weighted by Gasteiger charge is -2.52. The molecule has 1 rings (SSSR count). The summed E-state index contributed by atoms with van der Waals surface area (Å²) in [6.45, 7) is 14.3. The maximum atomic E-state index is 2.47. The van der Waals surface area contributed by atoms with Crippen LogP contribution in [0.5, 0.6) is 0 Å². The van der Waals surface area contributed by atoms with Crippen molar-refractivity contribution in [2.75, 3.05) is 0 Å². The van der Waals surface area contributed by atoms with Gasteiger partial charge >= 0.3 is 0 Å². The van der Waals surface area contributed by atoms with Crippen LogP contribution in [-0.4, -0.2) is 8.07 Å². The molecule has 0 bridgehead atoms. The van der Waals surface area contributed by atoms with Gasteiger partial charge in [0.05, 0.1) is 8.07 Å². The normalized spacial score (nSPS) is 28.2. The van der Waals surface area contributed by atoms with Crippen molar-refractivity contribution in [3.8, 4) is 0 Å². The van der Waals surface area contributed by atoms with Crippen LogP contribution in [0.4, 0.5) is 0 Å². The van der Waals surface area contributed by atoms with Crippen LogP contribution in [0.1, 0.15) is 27.7 Å². The summed E-state index contributed by atoms with van der Waals surface area (Å²) in [5.74, 6) is 0. The highest BCUT2D eigenvalue weighted by Gasteiger charge is 2.50. The van der Waals surface area contributed by atoms with Crippen LogP contribution in [0.2, 0.25) is 18.1 Å². The number of allylic oxidation sites excluding steroid dienone is 2. The molecule has 1 heteroatoms. The third-order valence-electron chi connectivity index (χ3n) is 4.00. The molecule has 1 aliphatic rings. The Morgan fingerprint density at radius 2 is 1.50 bits per heavy atom. The smallest absolute Gasteiger partial charge is 0.0838 e. The van der Waals surface area contributed by atoms with Crippen molar-refractivity contribution >= 4 is 8.07 Å². The monoisotopic (exact) mass is 154 g/mol. The van der Waals surface area contributed by atoms with Crippen molar-refractivity contribution in [2.24, 2.45) is 0 Å². The van der Waals surface area contributed by atoms with Crippen molar-refractivity contribution in [3.63, 3.8) is 0 Å². The second-order valence-corrected chi connectivity index (χ2v) is 9.75. The molecule has 1 heterocycles. The lowest BCUT2D eigenvalue weighted by molar-refractivity contribution is 0.710. The van der Waals surface area contributed by atoms with Crippen LogP contribution >= 0.6 is 0 Å². The van der Waals surface area contributed by atoms with Gasteiger partial charge in [-0.05, 0) is 18.9 Å². The van der Waals surface area contributed by atoms with Crippen LogP contribution in [0, 0.1) is 0 Å². The Balaban J connectivity index is 3.10. The van der Waals surface area contributed by atoms with E-state index in [1.807, 2.05) is 0 Å². The second kappa shape index (κ2) is 1.76. The zero-order chi connectivity index (χ0) is 8.15. The molecule has 0 spiro atoms. The van der Waals surface area contributed by atoms with Gasteiger partial charge in [0.2, 0.25) is 0 Å². The Bertz CT molecular complexity index is 175. The molecule has 0 aliphatic carbocycles. The van der Waals surface area contributed by atoms with E-state index < -0.39 is 8.07 Å². The maximum Gasteiger partial charge on any atom is 0.0845 e. The molecule has 0 saturated carbocycles. The Hall–Kier alpha value is -0.0431. The fourth-order valence-corrected chi connectivity index (χ4v) is 4.94. The van der Waals surface area contributed by atoms with E-state index in [4.69, 9.17) is 0 Å². The zero-order valence-corrected chi connectivity index (χ0v) is 9.00. The van der Waals surface area contributed by atoms with Gasteiger partial charge in [-0.3, -0.25) is 0 Å². The molecule has 0 aromatic rings. The zero-order valence-electron chi connectivity index (χ0n) is 8.00. The fourth-order valence-electron chi connectivity index (χ4n) is 1.81. The van der Waals surface area contributed by atoms with Crippen molar-refractivity contribution in [1.82, 2.24) is 0 Å². The highest BCUT2D eigenvalue weighted by atomic mass is 28.3. The van der Waals surface area contributed by atoms with Gasteiger partial charge in [0, 0.05) is 0 Å². The molecule has 0 nitrogen and oxygen atoms in total. The van der Waals surface area contributed by atoms with E-state index in [-0.39, 0.29) is 0 Å². The van der Waals surface area contributed by atoms with Crippen molar-refractivity contribution in [2.45, 2.75) is 45.8 Å². The summed E-state index contributed by atoms with van der Waals surface area (Å²) in [5, 5.41) is 2.29. The third-order valence-corrected chi connectivity index (χ3v) is 9.75. The van der Waals surface area contributed by atoms with Gasteiger partial charge in [-0.2, -0.15) is 0 Å². The number of hydrogen-bond donors (Lipinski definition) is 0. The van der Waals surface area contributed by atoms with E-state index >= 15 is 0 Å². The topological polar surface area (TPSA) is 0 Å². The molecule has 0 saturated heterocycles. The minimum absolute atomic E-state index is 0.567. The van der Waals surface area contributed by atoms with Crippen molar-refractivity contribution < 1.29 is 0 Å². The molecule has 0 amide bonds. The molecule has 0 radical (unpaired) electrons. The van der Waals surface area contributed by atoms with Gasteiger partial charge in [-0.1, -0.05) is 37.7 Å². The molecule has 0 unspecified atom stereocenters. The largest absolute Gasteiger partial charge is 0.0845 e. The lowest BCUT2D eigenvalue weighted by atomic mass is 10.0. The van der Waals surface area contributed by atoms with E-state index in [1.165, 1.54) is 0 Å². The number of rotatable bonds is 0. The summed E-state index contributed by atoms with van der Waals surface area (Å²) in [5.41, 5.74) is 1.64. The van der Waals surface area contributed by atoms with Gasteiger partial charge in [0.1, 0.15) is 0 Å². The van der Waals surface area contributed by atoms with Crippen LogP contribution in [0.25, 0.3) is 0 Å². The van der Waals surface area contributed by atoms with E-state index in [2.05, 4.69) is 40.8 Å². The molecular weight excluding hydrogens is 136 g/mol. The predicted molar refractivity (Wildman–Crippen MR) is 49.9 cm³/mol. The van der Waals surface area contributed by atoms with Gasteiger partial charge < -0.3 is 0 Å². The molecule has 0 aromatic carbocycles. The van der Waals surface area contributed by atoms with Crippen LogP contribution < -0.4 is 0 Å². The van der Waals surface area contributed by atoms with Gasteiger partial charge in [-0.15, -0.1) is 0 Å². The molecule has 1 aliphatic heterocycles. The summed E-state index contributed by atoms with van der Waals surface area (Å²) in [4.78, 5) is 0. The quantitative estimate of drug-likeness (QED) is 0.469. The van der Waals surface area contributed by atoms with Gasteiger partial charge in [0.15, 0.2) is 0 Å². The standard InChI is InChI=1S/C9H18Si/c1-7-8(2)10(5,6)9(7,3)4/h1-6H3. The van der Waals surface area contributed by atoms with Gasteiger partial charge in [0.25, 0.3) is 0 Å². The summed E-state index contributed by atoms with van der Waals surface area (Å²) in [6, 6.07) is 0. The van der Waals surface area contributed by atoms with Crippen molar-refractivity contribution in [1.29, 1.82) is 0 Å². The Labute approximate surface area is 65.3 Å². The Morgan fingerprint density at radius 3 is 1.60 bits per heavy atom. The maximum absolute atomic E-state index is 2.47.